The molecule has 2 aromatic carbocycles. The normalized spacial score (nSPS) is 10.3. The molecule has 3 rings (SSSR count). The minimum atomic E-state index is -0.279. The van der Waals surface area contributed by atoms with Crippen molar-refractivity contribution in [3.05, 3.63) is 82.7 Å². The van der Waals surface area contributed by atoms with Crippen LogP contribution in [-0.2, 0) is 6.61 Å². The van der Waals surface area contributed by atoms with Crippen molar-refractivity contribution in [2.45, 2.75) is 6.61 Å². The van der Waals surface area contributed by atoms with Gasteiger partial charge < -0.3 is 14.5 Å². The zero-order valence-electron chi connectivity index (χ0n) is 12.2. The highest BCUT2D eigenvalue weighted by Gasteiger charge is 2.08. The third kappa shape index (κ3) is 4.23. The number of anilines is 1. The fourth-order valence-corrected chi connectivity index (χ4v) is 2.25. The van der Waals surface area contributed by atoms with E-state index in [9.17, 15) is 4.79 Å². The van der Waals surface area contributed by atoms with Crippen LogP contribution in [0.4, 0.5) is 5.69 Å². The van der Waals surface area contributed by atoms with Gasteiger partial charge in [0.05, 0.1) is 6.26 Å². The Balaban J connectivity index is 1.56. The molecule has 0 fully saturated rings. The zero-order chi connectivity index (χ0) is 16.1. The number of hydrogen-bond acceptors (Lipinski definition) is 3. The highest BCUT2D eigenvalue weighted by molar-refractivity contribution is 9.10. The Morgan fingerprint density at radius 1 is 1.04 bits per heavy atom. The zero-order valence-corrected chi connectivity index (χ0v) is 13.7. The van der Waals surface area contributed by atoms with E-state index in [0.717, 1.165) is 15.8 Å². The molecule has 0 atom stereocenters. The highest BCUT2D eigenvalue weighted by Crippen LogP contribution is 2.18. The van der Waals surface area contributed by atoms with Crippen LogP contribution in [0.25, 0.3) is 0 Å². The first-order chi connectivity index (χ1) is 11.2. The molecule has 4 nitrogen and oxygen atoms in total. The highest BCUT2D eigenvalue weighted by atomic mass is 79.9. The predicted molar refractivity (Wildman–Crippen MR) is 91.6 cm³/mol. The molecule has 3 aromatic rings. The lowest BCUT2D eigenvalue weighted by molar-refractivity contribution is 0.0996. The molecule has 0 unspecified atom stereocenters. The van der Waals surface area contributed by atoms with Gasteiger partial charge in [-0.3, -0.25) is 4.79 Å². The van der Waals surface area contributed by atoms with Crippen molar-refractivity contribution in [3.8, 4) is 5.75 Å². The second kappa shape index (κ2) is 7.15. The molecule has 1 amide bonds. The molecule has 0 aliphatic rings. The SMILES string of the molecule is O=C(Nc1ccc(OCc2ccc(Br)cc2)cc1)c1ccco1. The number of rotatable bonds is 5. The molecule has 116 valence electrons. The van der Waals surface area contributed by atoms with Crippen molar-refractivity contribution < 1.29 is 13.9 Å². The Hall–Kier alpha value is -2.53. The number of carbonyl (C=O) groups excluding carboxylic acids is 1. The summed E-state index contributed by atoms with van der Waals surface area (Å²) < 4.78 is 11.8. The topological polar surface area (TPSA) is 51.5 Å². The van der Waals surface area contributed by atoms with Crippen molar-refractivity contribution in [2.24, 2.45) is 0 Å². The molecule has 0 saturated heterocycles. The molecule has 0 bridgehead atoms. The molecule has 0 spiro atoms. The Labute approximate surface area is 142 Å². The number of ether oxygens (including phenoxy) is 1. The number of benzene rings is 2. The molecule has 0 aliphatic heterocycles. The summed E-state index contributed by atoms with van der Waals surface area (Å²) in [6.07, 6.45) is 1.47. The van der Waals surface area contributed by atoms with Crippen LogP contribution in [0, 0.1) is 0 Å². The minimum absolute atomic E-state index is 0.278. The molecule has 5 heteroatoms. The van der Waals surface area contributed by atoms with Gasteiger partial charge in [-0.1, -0.05) is 28.1 Å². The largest absolute Gasteiger partial charge is 0.489 e. The van der Waals surface area contributed by atoms with Gasteiger partial charge in [0.1, 0.15) is 12.4 Å². The van der Waals surface area contributed by atoms with Crippen LogP contribution in [0.2, 0.25) is 0 Å². The van der Waals surface area contributed by atoms with Crippen LogP contribution in [0.3, 0.4) is 0 Å². The van der Waals surface area contributed by atoms with Gasteiger partial charge in [-0.15, -0.1) is 0 Å². The van der Waals surface area contributed by atoms with Gasteiger partial charge in [0, 0.05) is 10.2 Å². The molecular formula is C18H14BrNO3. The van der Waals surface area contributed by atoms with Crippen LogP contribution < -0.4 is 10.1 Å². The number of nitrogens with one attached hydrogen (secondary N) is 1. The Kier molecular flexibility index (Phi) is 4.78. The number of amides is 1. The summed E-state index contributed by atoms with van der Waals surface area (Å²) in [6, 6.07) is 18.5. The Morgan fingerprint density at radius 3 is 2.43 bits per heavy atom. The lowest BCUT2D eigenvalue weighted by Gasteiger charge is -2.08. The summed E-state index contributed by atoms with van der Waals surface area (Å²) in [7, 11) is 0. The van der Waals surface area contributed by atoms with Crippen molar-refractivity contribution in [3.63, 3.8) is 0 Å². The lowest BCUT2D eigenvalue weighted by Crippen LogP contribution is -2.10. The molecule has 23 heavy (non-hydrogen) atoms. The summed E-state index contributed by atoms with van der Waals surface area (Å²) in [5, 5.41) is 2.76. The maximum atomic E-state index is 11.9. The number of hydrogen-bond donors (Lipinski definition) is 1. The van der Waals surface area contributed by atoms with Crippen molar-refractivity contribution in [2.75, 3.05) is 5.32 Å². The second-order valence-corrected chi connectivity index (χ2v) is 5.79. The summed E-state index contributed by atoms with van der Waals surface area (Å²) in [6.45, 7) is 0.491. The molecule has 1 N–H and O–H groups in total. The lowest BCUT2D eigenvalue weighted by atomic mass is 10.2. The molecular weight excluding hydrogens is 358 g/mol. The van der Waals surface area contributed by atoms with Gasteiger partial charge >= 0.3 is 0 Å². The minimum Gasteiger partial charge on any atom is -0.489 e. The van der Waals surface area contributed by atoms with E-state index < -0.39 is 0 Å². The fraction of sp³-hybridized carbons (Fsp3) is 0.0556. The predicted octanol–water partition coefficient (Wildman–Crippen LogP) is 4.87. The molecule has 0 radical (unpaired) electrons. The van der Waals surface area contributed by atoms with Gasteiger partial charge in [0.15, 0.2) is 5.76 Å². The smallest absolute Gasteiger partial charge is 0.291 e. The van der Waals surface area contributed by atoms with E-state index in [1.54, 1.807) is 24.3 Å². The number of furan rings is 1. The van der Waals surface area contributed by atoms with Crippen LogP contribution >= 0.6 is 15.9 Å². The summed E-state index contributed by atoms with van der Waals surface area (Å²) >= 11 is 3.40. The third-order valence-corrected chi connectivity index (χ3v) is 3.70. The summed E-state index contributed by atoms with van der Waals surface area (Å²) in [5.74, 6) is 0.739. The average Bonchev–Trinajstić information content (AvgIpc) is 3.10. The third-order valence-electron chi connectivity index (χ3n) is 3.18. The quantitative estimate of drug-likeness (QED) is 0.695. The summed E-state index contributed by atoms with van der Waals surface area (Å²) in [4.78, 5) is 11.9. The van der Waals surface area contributed by atoms with E-state index in [1.165, 1.54) is 6.26 Å². The maximum absolute atomic E-state index is 11.9. The maximum Gasteiger partial charge on any atom is 0.291 e. The van der Waals surface area contributed by atoms with E-state index in [2.05, 4.69) is 21.2 Å². The van der Waals surface area contributed by atoms with E-state index in [-0.39, 0.29) is 11.7 Å². The number of carbonyl (C=O) groups is 1. The van der Waals surface area contributed by atoms with E-state index >= 15 is 0 Å². The summed E-state index contributed by atoms with van der Waals surface area (Å²) in [5.41, 5.74) is 1.77. The van der Waals surface area contributed by atoms with Gasteiger partial charge in [-0.2, -0.15) is 0 Å². The van der Waals surface area contributed by atoms with Gasteiger partial charge in [-0.05, 0) is 54.1 Å². The first kappa shape index (κ1) is 15.4. The standard InChI is InChI=1S/C18H14BrNO3/c19-14-5-3-13(4-6-14)12-23-16-9-7-15(8-10-16)20-18(21)17-2-1-11-22-17/h1-11H,12H2,(H,20,21). The van der Waals surface area contributed by atoms with E-state index in [1.807, 2.05) is 36.4 Å². The van der Waals surface area contributed by atoms with Crippen LogP contribution in [-0.4, -0.2) is 5.91 Å². The molecule has 1 aromatic heterocycles. The second-order valence-electron chi connectivity index (χ2n) is 4.87. The average molecular weight is 372 g/mol. The van der Waals surface area contributed by atoms with Gasteiger partial charge in [0.25, 0.3) is 5.91 Å². The molecule has 1 heterocycles. The first-order valence-corrected chi connectivity index (χ1v) is 7.82. The molecule has 0 saturated carbocycles. The Bertz CT molecular complexity index is 765. The fourth-order valence-electron chi connectivity index (χ4n) is 1.98. The van der Waals surface area contributed by atoms with Crippen LogP contribution in [0.15, 0.2) is 75.8 Å². The van der Waals surface area contributed by atoms with Gasteiger partial charge in [0.2, 0.25) is 0 Å². The first-order valence-electron chi connectivity index (χ1n) is 7.03. The van der Waals surface area contributed by atoms with E-state index in [0.29, 0.717) is 12.3 Å². The van der Waals surface area contributed by atoms with Crippen molar-refractivity contribution in [1.82, 2.24) is 0 Å². The number of halogens is 1. The van der Waals surface area contributed by atoms with Crippen LogP contribution in [0.1, 0.15) is 16.1 Å². The van der Waals surface area contributed by atoms with Crippen molar-refractivity contribution >= 4 is 27.5 Å². The van der Waals surface area contributed by atoms with Crippen LogP contribution in [0.5, 0.6) is 5.75 Å². The van der Waals surface area contributed by atoms with E-state index in [4.69, 9.17) is 9.15 Å². The Morgan fingerprint density at radius 2 is 1.78 bits per heavy atom. The monoisotopic (exact) mass is 371 g/mol. The van der Waals surface area contributed by atoms with Gasteiger partial charge in [-0.25, -0.2) is 0 Å². The van der Waals surface area contributed by atoms with Crippen molar-refractivity contribution in [1.29, 1.82) is 0 Å². The molecule has 0 aliphatic carbocycles.